The smallest absolute Gasteiger partial charge is 0.205 e. The van der Waals surface area contributed by atoms with E-state index in [-0.39, 0.29) is 0 Å². The van der Waals surface area contributed by atoms with Gasteiger partial charge in [0.25, 0.3) is 0 Å². The fourth-order valence-corrected chi connectivity index (χ4v) is 5.09. The number of aldehydes is 1. The molecule has 2 heterocycles. The maximum absolute atomic E-state index is 12.2. The van der Waals surface area contributed by atoms with Crippen LogP contribution in [-0.2, 0) is 13.0 Å². The second-order valence-corrected chi connectivity index (χ2v) is 9.48. The number of H-pyrrole nitrogens is 1. The van der Waals surface area contributed by atoms with Gasteiger partial charge in [-0.3, -0.25) is 4.79 Å². The Hall–Kier alpha value is -4.04. The lowest BCUT2D eigenvalue weighted by molar-refractivity contribution is 0.111. The molecule has 0 aliphatic rings. The Balaban J connectivity index is 1.45. The summed E-state index contributed by atoms with van der Waals surface area (Å²) in [6, 6.07) is 26.5. The third-order valence-electron chi connectivity index (χ3n) is 5.99. The zero-order valence-corrected chi connectivity index (χ0v) is 20.8. The lowest BCUT2D eigenvalue weighted by Crippen LogP contribution is -2.09. The predicted octanol–water partition coefficient (Wildman–Crippen LogP) is 6.08. The molecule has 3 aromatic carbocycles. The van der Waals surface area contributed by atoms with Gasteiger partial charge in [-0.05, 0) is 40.5 Å². The van der Waals surface area contributed by atoms with Crippen LogP contribution < -0.4 is 0 Å². The molecular formula is C28H26N6OS. The highest BCUT2D eigenvalue weighted by Gasteiger charge is 2.18. The number of unbranched alkanes of at least 4 members (excludes halogenated alkanes) is 1. The summed E-state index contributed by atoms with van der Waals surface area (Å²) in [4.78, 5) is 18.2. The number of rotatable bonds is 10. The lowest BCUT2D eigenvalue weighted by atomic mass is 9.98. The minimum absolute atomic E-state index is 0.563. The number of aromatic nitrogens is 6. The first-order chi connectivity index (χ1) is 17.8. The number of benzene rings is 3. The summed E-state index contributed by atoms with van der Waals surface area (Å²) < 4.78 is 2.07. The summed E-state index contributed by atoms with van der Waals surface area (Å²) in [5.74, 6) is 1.51. The van der Waals surface area contributed by atoms with Crippen LogP contribution in [0.25, 0.3) is 22.5 Å². The molecule has 36 heavy (non-hydrogen) atoms. The zero-order chi connectivity index (χ0) is 24.7. The number of imidazole rings is 1. The first-order valence-electron chi connectivity index (χ1n) is 12.0. The van der Waals surface area contributed by atoms with Gasteiger partial charge in [0.05, 0.1) is 0 Å². The van der Waals surface area contributed by atoms with E-state index in [4.69, 9.17) is 4.98 Å². The van der Waals surface area contributed by atoms with Crippen LogP contribution in [0.15, 0.2) is 88.8 Å². The summed E-state index contributed by atoms with van der Waals surface area (Å²) in [5, 5.41) is 15.3. The monoisotopic (exact) mass is 494 g/mol. The largest absolute Gasteiger partial charge is 0.320 e. The van der Waals surface area contributed by atoms with E-state index in [0.29, 0.717) is 18.1 Å². The number of hydrogen-bond donors (Lipinski definition) is 1. The third kappa shape index (κ3) is 5.13. The van der Waals surface area contributed by atoms with Gasteiger partial charge in [-0.25, -0.2) is 4.98 Å². The number of nitrogens with one attached hydrogen (secondary N) is 1. The van der Waals surface area contributed by atoms with Gasteiger partial charge in [0.15, 0.2) is 6.29 Å². The Labute approximate surface area is 214 Å². The van der Waals surface area contributed by atoms with Gasteiger partial charge >= 0.3 is 0 Å². The molecule has 7 nitrogen and oxygen atoms in total. The molecule has 5 aromatic rings. The van der Waals surface area contributed by atoms with Crippen LogP contribution in [0.2, 0.25) is 0 Å². The second-order valence-electron chi connectivity index (χ2n) is 8.42. The summed E-state index contributed by atoms with van der Waals surface area (Å²) in [7, 11) is 0. The summed E-state index contributed by atoms with van der Waals surface area (Å²) >= 11 is 1.54. The van der Waals surface area contributed by atoms with Gasteiger partial charge in [0.2, 0.25) is 5.82 Å². The molecular weight excluding hydrogens is 468 g/mol. The van der Waals surface area contributed by atoms with Crippen LogP contribution in [0.1, 0.15) is 41.6 Å². The minimum Gasteiger partial charge on any atom is -0.320 e. The SMILES string of the molecule is CCCCc1nc(Sc2ccccc2)c(C=O)n1Cc1ccc(-c2ccccc2-c2nn[nH]n2)cc1. The Kier molecular flexibility index (Phi) is 7.33. The number of nitrogens with zero attached hydrogens (tertiary/aromatic N) is 5. The molecule has 0 saturated heterocycles. The fraction of sp³-hybridized carbons (Fsp3) is 0.179. The maximum Gasteiger partial charge on any atom is 0.205 e. The van der Waals surface area contributed by atoms with E-state index in [2.05, 4.69) is 62.4 Å². The van der Waals surface area contributed by atoms with E-state index in [1.165, 1.54) is 11.8 Å². The van der Waals surface area contributed by atoms with Crippen molar-refractivity contribution in [3.63, 3.8) is 0 Å². The Morgan fingerprint density at radius 3 is 2.39 bits per heavy atom. The number of carbonyl (C=O) groups is 1. The molecule has 0 saturated carbocycles. The maximum atomic E-state index is 12.2. The van der Waals surface area contributed by atoms with Gasteiger partial charge in [-0.15, -0.1) is 10.2 Å². The van der Waals surface area contributed by atoms with Crippen molar-refractivity contribution in [2.75, 3.05) is 0 Å². The Morgan fingerprint density at radius 2 is 1.69 bits per heavy atom. The van der Waals surface area contributed by atoms with E-state index in [1.54, 1.807) is 0 Å². The summed E-state index contributed by atoms with van der Waals surface area (Å²) in [6.45, 7) is 2.75. The van der Waals surface area contributed by atoms with Crippen molar-refractivity contribution in [2.45, 2.75) is 42.7 Å². The molecule has 0 unspecified atom stereocenters. The number of aryl methyl sites for hydroxylation is 1. The highest BCUT2D eigenvalue weighted by molar-refractivity contribution is 7.99. The van der Waals surface area contributed by atoms with E-state index in [0.717, 1.165) is 63.5 Å². The first-order valence-corrected chi connectivity index (χ1v) is 12.8. The van der Waals surface area contributed by atoms with Gasteiger partial charge in [-0.2, -0.15) is 5.21 Å². The highest BCUT2D eigenvalue weighted by atomic mass is 32.2. The quantitative estimate of drug-likeness (QED) is 0.237. The molecule has 180 valence electrons. The molecule has 1 N–H and O–H groups in total. The molecule has 0 aliphatic carbocycles. The number of hydrogen-bond acceptors (Lipinski definition) is 6. The van der Waals surface area contributed by atoms with Crippen molar-refractivity contribution in [3.05, 3.63) is 95.9 Å². The van der Waals surface area contributed by atoms with E-state index in [1.807, 2.05) is 48.5 Å². The fourth-order valence-electron chi connectivity index (χ4n) is 4.16. The summed E-state index contributed by atoms with van der Waals surface area (Å²) in [6.07, 6.45) is 3.86. The van der Waals surface area contributed by atoms with Crippen molar-refractivity contribution >= 4 is 18.0 Å². The molecule has 8 heteroatoms. The van der Waals surface area contributed by atoms with E-state index >= 15 is 0 Å². The molecule has 0 fully saturated rings. The van der Waals surface area contributed by atoms with Crippen LogP contribution in [0.3, 0.4) is 0 Å². The van der Waals surface area contributed by atoms with Crippen LogP contribution in [0.4, 0.5) is 0 Å². The van der Waals surface area contributed by atoms with Crippen molar-refractivity contribution < 1.29 is 4.79 Å². The predicted molar refractivity (Wildman–Crippen MR) is 141 cm³/mol. The topological polar surface area (TPSA) is 89.4 Å². The van der Waals surface area contributed by atoms with Crippen LogP contribution >= 0.6 is 11.8 Å². The Morgan fingerprint density at radius 1 is 0.944 bits per heavy atom. The molecule has 2 aromatic heterocycles. The molecule has 0 bridgehead atoms. The van der Waals surface area contributed by atoms with Crippen LogP contribution in [0, 0.1) is 0 Å². The standard InChI is InChI=1S/C28H26N6OS/c1-2-3-13-26-29-28(36-22-9-5-4-6-10-22)25(19-35)34(26)18-20-14-16-21(17-15-20)23-11-7-8-12-24(23)27-30-32-33-31-27/h4-12,14-17,19H,2-3,13,18H2,1H3,(H,30,31,32,33). The van der Waals surface area contributed by atoms with Crippen molar-refractivity contribution in [3.8, 4) is 22.5 Å². The number of tetrazole rings is 1. The normalized spacial score (nSPS) is 11.0. The van der Waals surface area contributed by atoms with Crippen molar-refractivity contribution in [1.29, 1.82) is 0 Å². The number of aromatic amines is 1. The molecule has 5 rings (SSSR count). The molecule has 0 aliphatic heterocycles. The van der Waals surface area contributed by atoms with E-state index < -0.39 is 0 Å². The highest BCUT2D eigenvalue weighted by Crippen LogP contribution is 2.32. The average molecular weight is 495 g/mol. The van der Waals surface area contributed by atoms with Gasteiger partial charge in [-0.1, -0.05) is 91.8 Å². The average Bonchev–Trinajstić information content (AvgIpc) is 3.57. The molecule has 0 radical (unpaired) electrons. The summed E-state index contributed by atoms with van der Waals surface area (Å²) in [5.41, 5.74) is 4.74. The number of carbonyl (C=O) groups excluding carboxylic acids is 1. The Bertz CT molecular complexity index is 1430. The third-order valence-corrected chi connectivity index (χ3v) is 7.00. The first kappa shape index (κ1) is 23.7. The molecule has 0 amide bonds. The minimum atomic E-state index is 0.563. The lowest BCUT2D eigenvalue weighted by Gasteiger charge is -2.11. The van der Waals surface area contributed by atoms with Crippen LogP contribution in [-0.4, -0.2) is 36.5 Å². The van der Waals surface area contributed by atoms with E-state index in [9.17, 15) is 4.79 Å². The van der Waals surface area contributed by atoms with Gasteiger partial charge in [0.1, 0.15) is 16.5 Å². The van der Waals surface area contributed by atoms with Crippen LogP contribution in [0.5, 0.6) is 0 Å². The molecule has 0 spiro atoms. The zero-order valence-electron chi connectivity index (χ0n) is 20.0. The van der Waals surface area contributed by atoms with Crippen molar-refractivity contribution in [1.82, 2.24) is 30.2 Å². The second kappa shape index (κ2) is 11.1. The van der Waals surface area contributed by atoms with Gasteiger partial charge in [0, 0.05) is 23.4 Å². The van der Waals surface area contributed by atoms with Gasteiger partial charge < -0.3 is 4.57 Å². The van der Waals surface area contributed by atoms with Crippen molar-refractivity contribution in [2.24, 2.45) is 0 Å². The molecule has 0 atom stereocenters.